The number of nitrogen functional groups attached to an aromatic ring is 1. The predicted molar refractivity (Wildman–Crippen MR) is 75.8 cm³/mol. The number of thioether (sulfide) groups is 1. The van der Waals surface area contributed by atoms with Crippen LogP contribution < -0.4 is 10.5 Å². The maximum atomic E-state index is 7.67. The van der Waals surface area contributed by atoms with E-state index in [0.29, 0.717) is 11.3 Å². The topological polar surface area (TPSA) is 59.1 Å². The van der Waals surface area contributed by atoms with Crippen molar-refractivity contribution in [2.24, 2.45) is 5.73 Å². The molecule has 0 unspecified atom stereocenters. The van der Waals surface area contributed by atoms with Crippen molar-refractivity contribution in [1.82, 2.24) is 0 Å². The van der Waals surface area contributed by atoms with E-state index in [0.717, 1.165) is 10.6 Å². The quantitative estimate of drug-likeness (QED) is 0.501. The highest BCUT2D eigenvalue weighted by molar-refractivity contribution is 7.98. The molecule has 92 valence electrons. The smallest absolute Gasteiger partial charge is 0.139 e. The van der Waals surface area contributed by atoms with Crippen molar-refractivity contribution in [3.63, 3.8) is 0 Å². The zero-order chi connectivity index (χ0) is 13.0. The summed E-state index contributed by atoms with van der Waals surface area (Å²) in [5.74, 6) is 1.37. The second-order valence-corrected chi connectivity index (χ2v) is 4.51. The van der Waals surface area contributed by atoms with Crippen molar-refractivity contribution in [3.05, 3.63) is 54.1 Å². The Balaban J connectivity index is 2.42. The molecule has 0 amide bonds. The fraction of sp³-hybridized carbons (Fsp3) is 0.0714. The Hall–Kier alpha value is -1.94. The minimum atomic E-state index is 0.0193. The fourth-order valence-electron chi connectivity index (χ4n) is 1.65. The molecule has 0 atom stereocenters. The summed E-state index contributed by atoms with van der Waals surface area (Å²) in [6, 6.07) is 15.1. The molecule has 18 heavy (non-hydrogen) atoms. The summed E-state index contributed by atoms with van der Waals surface area (Å²) >= 11 is 1.55. The normalized spacial score (nSPS) is 10.1. The summed E-state index contributed by atoms with van der Waals surface area (Å²) in [6.45, 7) is 0. The lowest BCUT2D eigenvalue weighted by Crippen LogP contribution is -2.13. The summed E-state index contributed by atoms with van der Waals surface area (Å²) in [6.07, 6.45) is 1.95. The third-order valence-electron chi connectivity index (χ3n) is 2.45. The Morgan fingerprint density at radius 1 is 1.11 bits per heavy atom. The molecule has 3 nitrogen and oxygen atoms in total. The molecule has 2 rings (SSSR count). The Kier molecular flexibility index (Phi) is 3.89. The van der Waals surface area contributed by atoms with E-state index in [1.807, 2.05) is 54.8 Å². The molecule has 0 bridgehead atoms. The molecule has 0 fully saturated rings. The average Bonchev–Trinajstić information content (AvgIpc) is 2.39. The number of rotatable bonds is 4. The number of ether oxygens (including phenoxy) is 1. The number of nitrogens with two attached hydrogens (primary N) is 1. The van der Waals surface area contributed by atoms with Gasteiger partial charge in [-0.05, 0) is 30.5 Å². The molecule has 0 saturated heterocycles. The maximum absolute atomic E-state index is 7.67. The second-order valence-electron chi connectivity index (χ2n) is 3.66. The average molecular weight is 258 g/mol. The van der Waals surface area contributed by atoms with Gasteiger partial charge in [0, 0.05) is 4.90 Å². The summed E-state index contributed by atoms with van der Waals surface area (Å²) in [4.78, 5) is 0.941. The van der Waals surface area contributed by atoms with E-state index in [1.54, 1.807) is 11.8 Å². The molecule has 0 radical (unpaired) electrons. The van der Waals surface area contributed by atoms with Gasteiger partial charge in [0.2, 0.25) is 0 Å². The third kappa shape index (κ3) is 2.65. The van der Waals surface area contributed by atoms with Crippen LogP contribution in [0.1, 0.15) is 5.56 Å². The highest BCUT2D eigenvalue weighted by Gasteiger charge is 2.12. The van der Waals surface area contributed by atoms with Gasteiger partial charge in [0.1, 0.15) is 17.3 Å². The number of nitrogens with one attached hydrogen (secondary N) is 1. The highest BCUT2D eigenvalue weighted by atomic mass is 32.2. The molecule has 3 N–H and O–H groups in total. The lowest BCUT2D eigenvalue weighted by Gasteiger charge is -2.13. The number of benzene rings is 2. The van der Waals surface area contributed by atoms with Gasteiger partial charge in [0.05, 0.1) is 5.56 Å². The first-order chi connectivity index (χ1) is 8.72. The standard InChI is InChI=1S/C14H14N2OS/c1-18-12-9-5-8-11(13(12)14(15)16)17-10-6-3-2-4-7-10/h2-9H,1H3,(H3,15,16). The van der Waals surface area contributed by atoms with Crippen LogP contribution in [0.4, 0.5) is 0 Å². The van der Waals surface area contributed by atoms with Crippen LogP contribution in [-0.2, 0) is 0 Å². The van der Waals surface area contributed by atoms with Gasteiger partial charge in [0.15, 0.2) is 0 Å². The SMILES string of the molecule is CSc1cccc(Oc2ccccc2)c1C(=N)N. The predicted octanol–water partition coefficient (Wildman–Crippen LogP) is 3.48. The molecule has 2 aromatic carbocycles. The molecular weight excluding hydrogens is 244 g/mol. The van der Waals surface area contributed by atoms with Gasteiger partial charge in [-0.15, -0.1) is 11.8 Å². The summed E-state index contributed by atoms with van der Waals surface area (Å²) in [7, 11) is 0. The molecule has 0 aliphatic rings. The van der Waals surface area contributed by atoms with Crippen LogP contribution in [0.3, 0.4) is 0 Å². The molecule has 0 saturated carbocycles. The molecule has 0 aliphatic heterocycles. The fourth-order valence-corrected chi connectivity index (χ4v) is 2.28. The first-order valence-corrected chi connectivity index (χ1v) is 6.69. The van der Waals surface area contributed by atoms with E-state index in [4.69, 9.17) is 15.9 Å². The zero-order valence-electron chi connectivity index (χ0n) is 10.0. The zero-order valence-corrected chi connectivity index (χ0v) is 10.8. The second kappa shape index (κ2) is 5.60. The summed E-state index contributed by atoms with van der Waals surface area (Å²) < 4.78 is 5.78. The van der Waals surface area contributed by atoms with Gasteiger partial charge in [0.25, 0.3) is 0 Å². The van der Waals surface area contributed by atoms with E-state index < -0.39 is 0 Å². The van der Waals surface area contributed by atoms with E-state index in [1.165, 1.54) is 0 Å². The molecule has 2 aromatic rings. The third-order valence-corrected chi connectivity index (χ3v) is 3.23. The van der Waals surface area contributed by atoms with Crippen LogP contribution in [0.2, 0.25) is 0 Å². The van der Waals surface area contributed by atoms with Crippen LogP contribution in [0.5, 0.6) is 11.5 Å². The Bertz CT molecular complexity index is 555. The Morgan fingerprint density at radius 3 is 2.44 bits per heavy atom. The van der Waals surface area contributed by atoms with Crippen molar-refractivity contribution in [3.8, 4) is 11.5 Å². The van der Waals surface area contributed by atoms with E-state index >= 15 is 0 Å². The summed E-state index contributed by atoms with van der Waals surface area (Å²) in [5, 5.41) is 7.67. The van der Waals surface area contributed by atoms with Gasteiger partial charge in [-0.25, -0.2) is 0 Å². The first kappa shape index (κ1) is 12.5. The monoisotopic (exact) mass is 258 g/mol. The van der Waals surface area contributed by atoms with Crippen molar-refractivity contribution >= 4 is 17.6 Å². The van der Waals surface area contributed by atoms with Crippen LogP contribution in [-0.4, -0.2) is 12.1 Å². The number of hydrogen-bond acceptors (Lipinski definition) is 3. The van der Waals surface area contributed by atoms with Crippen molar-refractivity contribution in [2.45, 2.75) is 4.90 Å². The molecule has 0 heterocycles. The maximum Gasteiger partial charge on any atom is 0.139 e. The number of amidine groups is 1. The van der Waals surface area contributed by atoms with E-state index in [2.05, 4.69) is 0 Å². The Morgan fingerprint density at radius 2 is 1.83 bits per heavy atom. The van der Waals surface area contributed by atoms with Gasteiger partial charge in [-0.1, -0.05) is 24.3 Å². The molecule has 0 aromatic heterocycles. The van der Waals surface area contributed by atoms with E-state index in [-0.39, 0.29) is 5.84 Å². The van der Waals surface area contributed by atoms with Crippen molar-refractivity contribution < 1.29 is 4.74 Å². The van der Waals surface area contributed by atoms with E-state index in [9.17, 15) is 0 Å². The molecular formula is C14H14N2OS. The van der Waals surface area contributed by atoms with Crippen LogP contribution in [0.15, 0.2) is 53.4 Å². The lowest BCUT2D eigenvalue weighted by atomic mass is 10.2. The number of hydrogen-bond donors (Lipinski definition) is 2. The van der Waals surface area contributed by atoms with Crippen LogP contribution in [0, 0.1) is 5.41 Å². The molecule has 4 heteroatoms. The molecule has 0 aliphatic carbocycles. The first-order valence-electron chi connectivity index (χ1n) is 5.46. The van der Waals surface area contributed by atoms with Crippen molar-refractivity contribution in [2.75, 3.05) is 6.26 Å². The van der Waals surface area contributed by atoms with Gasteiger partial charge in [-0.2, -0.15) is 0 Å². The molecule has 0 spiro atoms. The Labute approximate surface area is 110 Å². The lowest BCUT2D eigenvalue weighted by molar-refractivity contribution is 0.480. The highest BCUT2D eigenvalue weighted by Crippen LogP contribution is 2.31. The minimum Gasteiger partial charge on any atom is -0.457 e. The van der Waals surface area contributed by atoms with Crippen LogP contribution >= 0.6 is 11.8 Å². The van der Waals surface area contributed by atoms with Crippen LogP contribution in [0.25, 0.3) is 0 Å². The van der Waals surface area contributed by atoms with Gasteiger partial charge in [-0.3, -0.25) is 5.41 Å². The number of para-hydroxylation sites is 1. The van der Waals surface area contributed by atoms with Crippen molar-refractivity contribution in [1.29, 1.82) is 5.41 Å². The largest absolute Gasteiger partial charge is 0.457 e. The summed E-state index contributed by atoms with van der Waals surface area (Å²) in [5.41, 5.74) is 6.28. The minimum absolute atomic E-state index is 0.0193. The van der Waals surface area contributed by atoms with Gasteiger partial charge >= 0.3 is 0 Å². The van der Waals surface area contributed by atoms with Gasteiger partial charge < -0.3 is 10.5 Å².